The Morgan fingerprint density at radius 1 is 0.818 bits per heavy atom. The molecule has 0 aromatic rings. The van der Waals surface area contributed by atoms with Crippen LogP contribution in [0.5, 0.6) is 0 Å². The Morgan fingerprint density at radius 2 is 1.00 bits per heavy atom. The first kappa shape index (κ1) is 29.6. The van der Waals surface area contributed by atoms with Crippen molar-refractivity contribution in [1.82, 2.24) is 0 Å². The van der Waals surface area contributed by atoms with Gasteiger partial charge in [-0.2, -0.15) is 0 Å². The number of nitrogens with two attached hydrogens (primary N) is 2. The Hall–Kier alpha value is 1.08. The summed E-state index contributed by atoms with van der Waals surface area (Å²) in [6, 6.07) is 0. The van der Waals surface area contributed by atoms with Gasteiger partial charge in [0.1, 0.15) is 0 Å². The van der Waals surface area contributed by atoms with E-state index in [1.807, 2.05) is 13.8 Å². The largest absolute Gasteiger partial charge is 0.330 e. The van der Waals surface area contributed by atoms with Crippen molar-refractivity contribution in [3.05, 3.63) is 0 Å². The highest BCUT2D eigenvalue weighted by molar-refractivity contribution is 5.86. The van der Waals surface area contributed by atoms with Crippen LogP contribution in [0.3, 0.4) is 0 Å². The van der Waals surface area contributed by atoms with Gasteiger partial charge in [0, 0.05) is 0 Å². The minimum Gasteiger partial charge on any atom is -0.330 e. The summed E-state index contributed by atoms with van der Waals surface area (Å²) >= 11 is 0. The van der Waals surface area contributed by atoms with Crippen LogP contribution in [0.4, 0.5) is 0 Å². The maximum Gasteiger partial charge on any atom is -0.00138 e. The summed E-state index contributed by atoms with van der Waals surface area (Å²) in [5, 5.41) is 0. The highest BCUT2D eigenvalue weighted by atomic mass is 35.5. The lowest BCUT2D eigenvalue weighted by molar-refractivity contribution is 0.393. The van der Waals surface area contributed by atoms with Crippen LogP contribution in [0.1, 0.15) is 13.8 Å². The molecule has 0 saturated carbocycles. The molecule has 0 aromatic heterocycles. The van der Waals surface area contributed by atoms with Gasteiger partial charge < -0.3 is 11.5 Å². The number of rotatable bonds is 2. The lowest BCUT2D eigenvalue weighted by Crippen LogP contribution is -2.31. The standard InChI is InChI=1S/C5H14N2.4ClH/c1-5(2,3-6)4-7;;;;/h3-4,6-7H2,1-2H3;4*1H. The molecule has 0 aromatic carbocycles. The summed E-state index contributed by atoms with van der Waals surface area (Å²) < 4.78 is 0. The molecule has 0 unspecified atom stereocenters. The van der Waals surface area contributed by atoms with E-state index in [9.17, 15) is 0 Å². The van der Waals surface area contributed by atoms with Gasteiger partial charge in [0.15, 0.2) is 0 Å². The van der Waals surface area contributed by atoms with E-state index in [-0.39, 0.29) is 55.0 Å². The Labute approximate surface area is 93.5 Å². The summed E-state index contributed by atoms with van der Waals surface area (Å²) in [5.74, 6) is 0. The zero-order valence-corrected chi connectivity index (χ0v) is 9.97. The lowest BCUT2D eigenvalue weighted by Gasteiger charge is -2.18. The second kappa shape index (κ2) is 13.7. The van der Waals surface area contributed by atoms with Gasteiger partial charge in [0.25, 0.3) is 0 Å². The average Bonchev–Trinajstić information content (AvgIpc) is 1.68. The quantitative estimate of drug-likeness (QED) is 0.780. The van der Waals surface area contributed by atoms with E-state index in [1.54, 1.807) is 0 Å². The summed E-state index contributed by atoms with van der Waals surface area (Å²) in [4.78, 5) is 0. The molecule has 76 valence electrons. The maximum atomic E-state index is 5.34. The average molecular weight is 248 g/mol. The summed E-state index contributed by atoms with van der Waals surface area (Å²) in [6.45, 7) is 5.44. The fourth-order valence-electron chi connectivity index (χ4n) is 0.0833. The minimum atomic E-state index is 0. The second-order valence-corrected chi connectivity index (χ2v) is 2.57. The van der Waals surface area contributed by atoms with Crippen LogP contribution in [0.2, 0.25) is 0 Å². The minimum absolute atomic E-state index is 0. The van der Waals surface area contributed by atoms with Gasteiger partial charge in [0.2, 0.25) is 0 Å². The van der Waals surface area contributed by atoms with Crippen LogP contribution < -0.4 is 11.5 Å². The van der Waals surface area contributed by atoms with Gasteiger partial charge in [0.05, 0.1) is 0 Å². The van der Waals surface area contributed by atoms with Crippen molar-refractivity contribution >= 4 is 49.6 Å². The van der Waals surface area contributed by atoms with Crippen molar-refractivity contribution in [2.45, 2.75) is 13.8 Å². The fraction of sp³-hybridized carbons (Fsp3) is 1.00. The molecular weight excluding hydrogens is 230 g/mol. The van der Waals surface area contributed by atoms with E-state index in [4.69, 9.17) is 11.5 Å². The van der Waals surface area contributed by atoms with Crippen molar-refractivity contribution in [3.8, 4) is 0 Å². The van der Waals surface area contributed by atoms with E-state index >= 15 is 0 Å². The summed E-state index contributed by atoms with van der Waals surface area (Å²) in [6.07, 6.45) is 0. The molecule has 0 aliphatic carbocycles. The Morgan fingerprint density at radius 3 is 1.00 bits per heavy atom. The van der Waals surface area contributed by atoms with Crippen molar-refractivity contribution in [2.75, 3.05) is 13.1 Å². The Bertz CT molecular complexity index is 54.4. The molecule has 0 rings (SSSR count). The number of halogens is 4. The SMILES string of the molecule is CC(C)(CN)CN.Cl.Cl.Cl.Cl. The molecule has 0 aliphatic rings. The van der Waals surface area contributed by atoms with E-state index in [0.29, 0.717) is 13.1 Å². The molecule has 0 bridgehead atoms. The molecule has 0 aliphatic heterocycles. The van der Waals surface area contributed by atoms with Gasteiger partial charge in [-0.05, 0) is 18.5 Å². The highest BCUT2D eigenvalue weighted by Gasteiger charge is 2.10. The predicted molar refractivity (Wildman–Crippen MR) is 60.9 cm³/mol. The molecular formula is C5H18Cl4N2. The number of hydrogen-bond acceptors (Lipinski definition) is 2. The van der Waals surface area contributed by atoms with Gasteiger partial charge in [-0.15, -0.1) is 49.6 Å². The van der Waals surface area contributed by atoms with E-state index in [2.05, 4.69) is 0 Å². The zero-order chi connectivity index (χ0) is 5.91. The fourth-order valence-corrected chi connectivity index (χ4v) is 0.0833. The first-order valence-electron chi connectivity index (χ1n) is 2.52. The van der Waals surface area contributed by atoms with Crippen LogP contribution >= 0.6 is 49.6 Å². The molecule has 0 saturated heterocycles. The van der Waals surface area contributed by atoms with Crippen molar-refractivity contribution in [1.29, 1.82) is 0 Å². The molecule has 0 atom stereocenters. The van der Waals surface area contributed by atoms with Crippen LogP contribution in [0, 0.1) is 5.41 Å². The Balaban J connectivity index is -0.0000000300. The molecule has 2 nitrogen and oxygen atoms in total. The molecule has 0 fully saturated rings. The van der Waals surface area contributed by atoms with Gasteiger partial charge in [-0.25, -0.2) is 0 Å². The zero-order valence-electron chi connectivity index (χ0n) is 6.70. The maximum absolute atomic E-state index is 5.34. The third-order valence-electron chi connectivity index (χ3n) is 1.11. The third-order valence-corrected chi connectivity index (χ3v) is 1.11. The van der Waals surface area contributed by atoms with Crippen LogP contribution in [-0.2, 0) is 0 Å². The van der Waals surface area contributed by atoms with E-state index in [1.165, 1.54) is 0 Å². The van der Waals surface area contributed by atoms with E-state index < -0.39 is 0 Å². The lowest BCUT2D eigenvalue weighted by atomic mass is 9.95. The summed E-state index contributed by atoms with van der Waals surface area (Å²) in [7, 11) is 0. The number of hydrogen-bond donors (Lipinski definition) is 2. The molecule has 11 heavy (non-hydrogen) atoms. The van der Waals surface area contributed by atoms with Gasteiger partial charge >= 0.3 is 0 Å². The molecule has 4 N–H and O–H groups in total. The van der Waals surface area contributed by atoms with Crippen molar-refractivity contribution in [2.24, 2.45) is 16.9 Å². The van der Waals surface area contributed by atoms with Gasteiger partial charge in [-0.1, -0.05) is 13.8 Å². The van der Waals surface area contributed by atoms with E-state index in [0.717, 1.165) is 0 Å². The first-order chi connectivity index (χ1) is 3.12. The van der Waals surface area contributed by atoms with Crippen LogP contribution in [0.15, 0.2) is 0 Å². The molecule has 6 heteroatoms. The molecule has 0 radical (unpaired) electrons. The van der Waals surface area contributed by atoms with Crippen LogP contribution in [0.25, 0.3) is 0 Å². The third kappa shape index (κ3) is 18.2. The van der Waals surface area contributed by atoms with Crippen molar-refractivity contribution in [3.63, 3.8) is 0 Å². The molecule has 0 spiro atoms. The normalized spacial score (nSPS) is 7.64. The highest BCUT2D eigenvalue weighted by Crippen LogP contribution is 2.07. The first-order valence-corrected chi connectivity index (χ1v) is 2.52. The topological polar surface area (TPSA) is 52.0 Å². The smallest absolute Gasteiger partial charge is 0.00138 e. The molecule has 0 heterocycles. The van der Waals surface area contributed by atoms with Gasteiger partial charge in [-0.3, -0.25) is 0 Å². The monoisotopic (exact) mass is 246 g/mol. The Kier molecular flexibility index (Phi) is 36.7. The van der Waals surface area contributed by atoms with Crippen molar-refractivity contribution < 1.29 is 0 Å². The summed E-state index contributed by atoms with van der Waals surface area (Å²) in [5.41, 5.74) is 10.8. The second-order valence-electron chi connectivity index (χ2n) is 2.57. The predicted octanol–water partition coefficient (Wildman–Crippen LogP) is 1.62. The molecule has 0 amide bonds. The van der Waals surface area contributed by atoms with Crippen LogP contribution in [-0.4, -0.2) is 13.1 Å².